The standard InChI is InChI=1S/C18H19NO2/c1-6-20-14-7-8-15-16(9-14)21-18-13(5)11(3)10(2)12(4)17(18)19-15/h7-9H,3,6H2,1-2,4-5H3. The Labute approximate surface area is 124 Å². The molecule has 2 aromatic carbocycles. The van der Waals surface area contributed by atoms with Crippen LogP contribution in [0.3, 0.4) is 0 Å². The van der Waals surface area contributed by atoms with Gasteiger partial charge in [0, 0.05) is 11.6 Å². The van der Waals surface area contributed by atoms with Gasteiger partial charge in [-0.25, -0.2) is 4.99 Å². The molecule has 3 heteroatoms. The van der Waals surface area contributed by atoms with Crippen molar-refractivity contribution < 1.29 is 9.47 Å². The van der Waals surface area contributed by atoms with Gasteiger partial charge in [-0.05, 0) is 56.2 Å². The van der Waals surface area contributed by atoms with Crippen LogP contribution in [0.4, 0.5) is 5.69 Å². The lowest BCUT2D eigenvalue weighted by atomic mass is 10.0. The molecule has 3 nitrogen and oxygen atoms in total. The lowest BCUT2D eigenvalue weighted by Crippen LogP contribution is -2.24. The van der Waals surface area contributed by atoms with Crippen molar-refractivity contribution in [3.8, 4) is 17.2 Å². The van der Waals surface area contributed by atoms with Gasteiger partial charge < -0.3 is 9.47 Å². The van der Waals surface area contributed by atoms with E-state index in [9.17, 15) is 0 Å². The Morgan fingerprint density at radius 2 is 1.90 bits per heavy atom. The third-order valence-electron chi connectivity index (χ3n) is 4.07. The smallest absolute Gasteiger partial charge is 0.156 e. The van der Waals surface area contributed by atoms with Crippen LogP contribution in [0, 0.1) is 20.8 Å². The molecule has 1 aliphatic rings. The van der Waals surface area contributed by atoms with Crippen molar-refractivity contribution in [3.05, 3.63) is 45.5 Å². The number of benzene rings is 2. The van der Waals surface area contributed by atoms with Crippen LogP contribution in [0.15, 0.2) is 23.2 Å². The van der Waals surface area contributed by atoms with Gasteiger partial charge in [0.05, 0.1) is 6.61 Å². The van der Waals surface area contributed by atoms with Crippen molar-refractivity contribution >= 4 is 12.3 Å². The highest BCUT2D eigenvalue weighted by molar-refractivity contribution is 5.60. The van der Waals surface area contributed by atoms with Crippen molar-refractivity contribution in [2.24, 2.45) is 4.99 Å². The molecule has 0 atom stereocenters. The van der Waals surface area contributed by atoms with E-state index in [1.165, 1.54) is 5.56 Å². The Morgan fingerprint density at radius 1 is 1.14 bits per heavy atom. The van der Waals surface area contributed by atoms with E-state index >= 15 is 0 Å². The SMILES string of the molecule is C=c1c(C)c(C)c2c(c1C)Oc1cc(OCC)ccc1N=2. The van der Waals surface area contributed by atoms with E-state index in [0.29, 0.717) is 6.61 Å². The summed E-state index contributed by atoms with van der Waals surface area (Å²) in [6.07, 6.45) is 0. The van der Waals surface area contributed by atoms with Crippen molar-refractivity contribution in [3.63, 3.8) is 0 Å². The Bertz CT molecular complexity index is 838. The van der Waals surface area contributed by atoms with Crippen LogP contribution in [0.5, 0.6) is 17.2 Å². The molecular weight excluding hydrogens is 262 g/mol. The molecule has 0 bridgehead atoms. The Kier molecular flexibility index (Phi) is 3.20. The van der Waals surface area contributed by atoms with Gasteiger partial charge in [0.25, 0.3) is 0 Å². The van der Waals surface area contributed by atoms with E-state index in [0.717, 1.165) is 44.6 Å². The fraction of sp³-hybridized carbons (Fsp3) is 0.278. The highest BCUT2D eigenvalue weighted by atomic mass is 16.5. The second kappa shape index (κ2) is 4.92. The summed E-state index contributed by atoms with van der Waals surface area (Å²) in [6.45, 7) is 12.9. The van der Waals surface area contributed by atoms with Crippen LogP contribution < -0.4 is 20.0 Å². The molecule has 1 heterocycles. The molecule has 0 radical (unpaired) electrons. The maximum absolute atomic E-state index is 6.10. The number of rotatable bonds is 2. The van der Waals surface area contributed by atoms with Crippen LogP contribution in [0.1, 0.15) is 23.6 Å². The Morgan fingerprint density at radius 3 is 2.62 bits per heavy atom. The molecule has 3 rings (SSSR count). The van der Waals surface area contributed by atoms with E-state index in [4.69, 9.17) is 14.5 Å². The fourth-order valence-corrected chi connectivity index (χ4v) is 2.59. The molecule has 0 N–H and O–H groups in total. The molecule has 0 fully saturated rings. The molecule has 0 amide bonds. The molecule has 0 saturated heterocycles. The number of fused-ring (bicyclic) bond motifs is 2. The van der Waals surface area contributed by atoms with Crippen molar-refractivity contribution in [2.45, 2.75) is 27.7 Å². The zero-order chi connectivity index (χ0) is 15.1. The van der Waals surface area contributed by atoms with Crippen molar-refractivity contribution in [1.82, 2.24) is 0 Å². The number of nitrogens with zero attached hydrogens (tertiary/aromatic N) is 1. The third kappa shape index (κ3) is 2.09. The van der Waals surface area contributed by atoms with Gasteiger partial charge in [0.1, 0.15) is 16.8 Å². The summed E-state index contributed by atoms with van der Waals surface area (Å²) in [5.74, 6) is 2.34. The van der Waals surface area contributed by atoms with Crippen LogP contribution in [-0.2, 0) is 0 Å². The summed E-state index contributed by atoms with van der Waals surface area (Å²) in [7, 11) is 0. The zero-order valence-electron chi connectivity index (χ0n) is 12.9. The summed E-state index contributed by atoms with van der Waals surface area (Å²) in [5.41, 5.74) is 4.18. The van der Waals surface area contributed by atoms with Gasteiger partial charge in [-0.3, -0.25) is 0 Å². The summed E-state index contributed by atoms with van der Waals surface area (Å²) in [5, 5.41) is 1.93. The first kappa shape index (κ1) is 13.7. The van der Waals surface area contributed by atoms with E-state index in [1.807, 2.05) is 32.0 Å². The lowest BCUT2D eigenvalue weighted by molar-refractivity contribution is 0.338. The van der Waals surface area contributed by atoms with E-state index in [1.54, 1.807) is 0 Å². The molecule has 0 unspecified atom stereocenters. The minimum atomic E-state index is 0.632. The predicted octanol–water partition coefficient (Wildman–Crippen LogP) is 3.48. The number of ether oxygens (including phenoxy) is 2. The molecule has 0 aliphatic carbocycles. The summed E-state index contributed by atoms with van der Waals surface area (Å²) >= 11 is 0. The molecule has 0 saturated carbocycles. The highest BCUT2D eigenvalue weighted by Gasteiger charge is 2.18. The maximum atomic E-state index is 6.10. The zero-order valence-corrected chi connectivity index (χ0v) is 12.9. The molecule has 21 heavy (non-hydrogen) atoms. The van der Waals surface area contributed by atoms with Gasteiger partial charge in [-0.15, -0.1) is 0 Å². The second-order valence-corrected chi connectivity index (χ2v) is 5.31. The van der Waals surface area contributed by atoms with Gasteiger partial charge in [0.2, 0.25) is 0 Å². The first-order valence-electron chi connectivity index (χ1n) is 7.15. The molecule has 0 spiro atoms. The van der Waals surface area contributed by atoms with E-state index in [2.05, 4.69) is 20.4 Å². The molecule has 1 aliphatic heterocycles. The fourth-order valence-electron chi connectivity index (χ4n) is 2.59. The second-order valence-electron chi connectivity index (χ2n) is 5.31. The Balaban J connectivity index is 2.26. The van der Waals surface area contributed by atoms with Crippen LogP contribution in [-0.4, -0.2) is 6.61 Å². The van der Waals surface area contributed by atoms with E-state index < -0.39 is 0 Å². The quantitative estimate of drug-likeness (QED) is 0.720. The third-order valence-corrected chi connectivity index (χ3v) is 4.07. The largest absolute Gasteiger partial charge is 0.494 e. The molecule has 0 aromatic heterocycles. The van der Waals surface area contributed by atoms with Crippen molar-refractivity contribution in [1.29, 1.82) is 0 Å². The van der Waals surface area contributed by atoms with Crippen molar-refractivity contribution in [2.75, 3.05) is 6.61 Å². The summed E-state index contributed by atoms with van der Waals surface area (Å²) in [6, 6.07) is 5.75. The maximum Gasteiger partial charge on any atom is 0.156 e. The number of hydrogen-bond acceptors (Lipinski definition) is 3. The van der Waals surface area contributed by atoms with Gasteiger partial charge >= 0.3 is 0 Å². The molecular formula is C18H19NO2. The van der Waals surface area contributed by atoms with Crippen LogP contribution in [0.2, 0.25) is 0 Å². The number of hydrogen-bond donors (Lipinski definition) is 0. The van der Waals surface area contributed by atoms with Crippen LogP contribution >= 0.6 is 0 Å². The minimum absolute atomic E-state index is 0.632. The summed E-state index contributed by atoms with van der Waals surface area (Å²) in [4.78, 5) is 4.76. The average Bonchev–Trinajstić information content (AvgIpc) is 2.49. The summed E-state index contributed by atoms with van der Waals surface area (Å²) < 4.78 is 11.6. The normalized spacial score (nSPS) is 12.0. The van der Waals surface area contributed by atoms with E-state index in [-0.39, 0.29) is 0 Å². The first-order valence-corrected chi connectivity index (χ1v) is 7.15. The molecule has 2 aromatic rings. The first-order chi connectivity index (χ1) is 10.0. The predicted molar refractivity (Wildman–Crippen MR) is 84.3 cm³/mol. The average molecular weight is 281 g/mol. The monoisotopic (exact) mass is 281 g/mol. The topological polar surface area (TPSA) is 30.8 Å². The van der Waals surface area contributed by atoms with Gasteiger partial charge in [0.15, 0.2) is 11.5 Å². The van der Waals surface area contributed by atoms with Gasteiger partial charge in [-0.2, -0.15) is 0 Å². The lowest BCUT2D eigenvalue weighted by Gasteiger charge is -2.19. The minimum Gasteiger partial charge on any atom is -0.494 e. The molecule has 108 valence electrons. The van der Waals surface area contributed by atoms with Crippen LogP contribution in [0.25, 0.3) is 6.58 Å². The Hall–Kier alpha value is -2.29. The highest BCUT2D eigenvalue weighted by Crippen LogP contribution is 2.37. The van der Waals surface area contributed by atoms with Gasteiger partial charge in [-0.1, -0.05) is 6.58 Å².